The summed E-state index contributed by atoms with van der Waals surface area (Å²) >= 11 is 0. The molecule has 0 amide bonds. The van der Waals surface area contributed by atoms with Crippen LogP contribution in [0, 0.1) is 0 Å². The van der Waals surface area contributed by atoms with Crippen LogP contribution >= 0.6 is 0 Å². The summed E-state index contributed by atoms with van der Waals surface area (Å²) < 4.78 is 4.83. The summed E-state index contributed by atoms with van der Waals surface area (Å²) in [6.07, 6.45) is 0. The molecule has 252 valence electrons. The molecule has 0 saturated carbocycles. The second-order valence-corrected chi connectivity index (χ2v) is 13.6. The predicted octanol–water partition coefficient (Wildman–Crippen LogP) is 12.2. The molecule has 0 aliphatic carbocycles. The van der Waals surface area contributed by atoms with Gasteiger partial charge in [0.15, 0.2) is 17.5 Å². The Morgan fingerprint density at radius 2 is 0.796 bits per heavy atom. The lowest BCUT2D eigenvalue weighted by Gasteiger charge is -2.15. The zero-order valence-corrected chi connectivity index (χ0v) is 29.1. The maximum atomic E-state index is 5.17. The fourth-order valence-corrected chi connectivity index (χ4v) is 8.15. The number of hydrogen-bond acceptors (Lipinski definition) is 3. The Morgan fingerprint density at radius 1 is 0.315 bits per heavy atom. The standard InChI is InChI=1S/C49H31N5/c1-3-16-32(17-4-1)47-50-48(33-18-5-2-6-19-33)52-49(51-47)38-24-11-14-27-42(38)54-44-29-15-28-43(46(44)39-30-34-20-7-8-21-35(34)31-45(39)54)53-40-25-12-9-22-36(40)37-23-10-13-26-41(37)53/h1-31H. The van der Waals surface area contributed by atoms with Crippen LogP contribution in [0.1, 0.15) is 0 Å². The fourth-order valence-electron chi connectivity index (χ4n) is 8.15. The number of nitrogens with zero attached hydrogens (tertiary/aromatic N) is 5. The highest BCUT2D eigenvalue weighted by Crippen LogP contribution is 2.42. The summed E-state index contributed by atoms with van der Waals surface area (Å²) in [5, 5.41) is 7.23. The number of hydrogen-bond donors (Lipinski definition) is 0. The van der Waals surface area contributed by atoms with Gasteiger partial charge in [0.2, 0.25) is 0 Å². The van der Waals surface area contributed by atoms with Gasteiger partial charge in [-0.25, -0.2) is 15.0 Å². The van der Waals surface area contributed by atoms with Crippen LogP contribution in [-0.4, -0.2) is 24.1 Å². The van der Waals surface area contributed by atoms with E-state index in [1.54, 1.807) is 0 Å². The molecule has 0 radical (unpaired) electrons. The van der Waals surface area contributed by atoms with E-state index in [1.807, 2.05) is 60.7 Å². The second kappa shape index (κ2) is 12.1. The highest BCUT2D eigenvalue weighted by molar-refractivity contribution is 6.19. The van der Waals surface area contributed by atoms with Gasteiger partial charge in [0, 0.05) is 38.2 Å². The molecule has 3 aromatic heterocycles. The molecule has 0 atom stereocenters. The van der Waals surface area contributed by atoms with Crippen molar-refractivity contribution in [1.82, 2.24) is 24.1 Å². The van der Waals surface area contributed by atoms with Crippen LogP contribution in [0.4, 0.5) is 0 Å². The third kappa shape index (κ3) is 4.69. The van der Waals surface area contributed by atoms with Crippen molar-refractivity contribution in [2.45, 2.75) is 0 Å². The summed E-state index contributed by atoms with van der Waals surface area (Å²) in [5.74, 6) is 1.89. The van der Waals surface area contributed by atoms with Crippen LogP contribution in [0.5, 0.6) is 0 Å². The lowest BCUT2D eigenvalue weighted by Crippen LogP contribution is -2.03. The average Bonchev–Trinajstić information content (AvgIpc) is 3.75. The third-order valence-corrected chi connectivity index (χ3v) is 10.5. The number of fused-ring (bicyclic) bond motifs is 7. The van der Waals surface area contributed by atoms with Crippen LogP contribution in [0.3, 0.4) is 0 Å². The van der Waals surface area contributed by atoms with Crippen molar-refractivity contribution < 1.29 is 0 Å². The molecule has 0 bridgehead atoms. The number of para-hydroxylation sites is 3. The quantitative estimate of drug-likeness (QED) is 0.181. The minimum Gasteiger partial charge on any atom is -0.309 e. The summed E-state index contributed by atoms with van der Waals surface area (Å²) in [4.78, 5) is 15.3. The predicted molar refractivity (Wildman–Crippen MR) is 222 cm³/mol. The van der Waals surface area contributed by atoms with Crippen molar-refractivity contribution in [1.29, 1.82) is 0 Å². The average molecular weight is 690 g/mol. The van der Waals surface area contributed by atoms with E-state index in [0.717, 1.165) is 39.1 Å². The summed E-state index contributed by atoms with van der Waals surface area (Å²) in [6, 6.07) is 66.2. The van der Waals surface area contributed by atoms with Crippen molar-refractivity contribution in [2.75, 3.05) is 0 Å². The molecule has 5 heteroatoms. The molecule has 0 spiro atoms. The van der Waals surface area contributed by atoms with Gasteiger partial charge in [-0.3, -0.25) is 0 Å². The number of benzene rings is 8. The van der Waals surface area contributed by atoms with Crippen molar-refractivity contribution in [2.24, 2.45) is 0 Å². The monoisotopic (exact) mass is 689 g/mol. The Kier molecular flexibility index (Phi) is 6.79. The van der Waals surface area contributed by atoms with E-state index in [0.29, 0.717) is 17.5 Å². The van der Waals surface area contributed by atoms with Crippen LogP contribution < -0.4 is 0 Å². The molecule has 0 fully saturated rings. The van der Waals surface area contributed by atoms with Crippen LogP contribution in [-0.2, 0) is 0 Å². The molecule has 0 saturated heterocycles. The summed E-state index contributed by atoms with van der Waals surface area (Å²) in [7, 11) is 0. The highest BCUT2D eigenvalue weighted by atomic mass is 15.1. The zero-order chi connectivity index (χ0) is 35.6. The molecular formula is C49H31N5. The first kappa shape index (κ1) is 30.3. The van der Waals surface area contributed by atoms with Crippen LogP contribution in [0.15, 0.2) is 188 Å². The molecule has 11 aromatic rings. The van der Waals surface area contributed by atoms with Crippen molar-refractivity contribution in [3.63, 3.8) is 0 Å². The maximum Gasteiger partial charge on any atom is 0.166 e. The minimum absolute atomic E-state index is 0.618. The van der Waals surface area contributed by atoms with E-state index in [-0.39, 0.29) is 0 Å². The van der Waals surface area contributed by atoms with Gasteiger partial charge in [-0.15, -0.1) is 0 Å². The van der Waals surface area contributed by atoms with Gasteiger partial charge in [-0.2, -0.15) is 0 Å². The zero-order valence-electron chi connectivity index (χ0n) is 29.1. The van der Waals surface area contributed by atoms with Gasteiger partial charge < -0.3 is 9.13 Å². The molecule has 3 heterocycles. The van der Waals surface area contributed by atoms with Gasteiger partial charge in [-0.05, 0) is 59.3 Å². The molecule has 54 heavy (non-hydrogen) atoms. The first-order chi connectivity index (χ1) is 26.8. The van der Waals surface area contributed by atoms with Crippen LogP contribution in [0.25, 0.3) is 99.9 Å². The van der Waals surface area contributed by atoms with Gasteiger partial charge in [-0.1, -0.05) is 140 Å². The highest BCUT2D eigenvalue weighted by Gasteiger charge is 2.23. The Bertz CT molecular complexity index is 3100. The van der Waals surface area contributed by atoms with E-state index in [9.17, 15) is 0 Å². The van der Waals surface area contributed by atoms with E-state index < -0.39 is 0 Å². The third-order valence-electron chi connectivity index (χ3n) is 10.5. The van der Waals surface area contributed by atoms with Crippen molar-refractivity contribution in [3.8, 4) is 45.5 Å². The van der Waals surface area contributed by atoms with Gasteiger partial charge in [0.05, 0.1) is 33.4 Å². The van der Waals surface area contributed by atoms with E-state index in [4.69, 9.17) is 15.0 Å². The van der Waals surface area contributed by atoms with Crippen molar-refractivity contribution >= 4 is 54.4 Å². The van der Waals surface area contributed by atoms with Crippen molar-refractivity contribution in [3.05, 3.63) is 188 Å². The Balaban J connectivity index is 1.24. The van der Waals surface area contributed by atoms with Crippen LogP contribution in [0.2, 0.25) is 0 Å². The lowest BCUT2D eigenvalue weighted by molar-refractivity contribution is 1.06. The summed E-state index contributed by atoms with van der Waals surface area (Å²) in [6.45, 7) is 0. The Labute approximate surface area is 311 Å². The van der Waals surface area contributed by atoms with E-state index >= 15 is 0 Å². The second-order valence-electron chi connectivity index (χ2n) is 13.6. The molecular weight excluding hydrogens is 659 g/mol. The lowest BCUT2D eigenvalue weighted by atomic mass is 10.0. The Hall–Kier alpha value is -7.37. The van der Waals surface area contributed by atoms with E-state index in [1.165, 1.54) is 43.4 Å². The topological polar surface area (TPSA) is 48.5 Å². The first-order valence-corrected chi connectivity index (χ1v) is 18.2. The summed E-state index contributed by atoms with van der Waals surface area (Å²) in [5.41, 5.74) is 9.52. The maximum absolute atomic E-state index is 5.17. The van der Waals surface area contributed by atoms with E-state index in [2.05, 4.69) is 137 Å². The molecule has 8 aromatic carbocycles. The molecule has 0 unspecified atom stereocenters. The van der Waals surface area contributed by atoms with Gasteiger partial charge >= 0.3 is 0 Å². The Morgan fingerprint density at radius 3 is 1.46 bits per heavy atom. The number of rotatable bonds is 5. The molecule has 5 nitrogen and oxygen atoms in total. The normalized spacial score (nSPS) is 11.7. The largest absolute Gasteiger partial charge is 0.309 e. The number of aromatic nitrogens is 5. The molecule has 0 aliphatic heterocycles. The van der Waals surface area contributed by atoms with Gasteiger partial charge in [0.25, 0.3) is 0 Å². The van der Waals surface area contributed by atoms with Gasteiger partial charge in [0.1, 0.15) is 0 Å². The SMILES string of the molecule is c1ccc(-c2nc(-c3ccccc3)nc(-c3ccccc3-n3c4cc5ccccc5cc4c4c(-n5c6ccccc6c6ccccc65)cccc43)n2)cc1. The minimum atomic E-state index is 0.618. The fraction of sp³-hybridized carbons (Fsp3) is 0. The molecule has 0 aliphatic rings. The smallest absolute Gasteiger partial charge is 0.166 e. The first-order valence-electron chi connectivity index (χ1n) is 18.2. The molecule has 11 rings (SSSR count). The molecule has 0 N–H and O–H groups in total.